The zero-order valence-corrected chi connectivity index (χ0v) is 11.6. The van der Waals surface area contributed by atoms with Crippen molar-refractivity contribution >= 4 is 0 Å². The van der Waals surface area contributed by atoms with Crippen LogP contribution in [0.15, 0.2) is 30.3 Å². The van der Waals surface area contributed by atoms with Crippen LogP contribution in [0.2, 0.25) is 0 Å². The van der Waals surface area contributed by atoms with Crippen molar-refractivity contribution < 1.29 is 5.11 Å². The maximum atomic E-state index is 10.1. The first-order valence-electron chi connectivity index (χ1n) is 7.39. The van der Waals surface area contributed by atoms with Crippen LogP contribution in [0.5, 0.6) is 0 Å². The van der Waals surface area contributed by atoms with Crippen molar-refractivity contribution in [1.29, 1.82) is 0 Å². The molecule has 3 N–H and O–H groups in total. The molecule has 5 unspecified atom stereocenters. The Kier molecular flexibility index (Phi) is 3.61. The van der Waals surface area contributed by atoms with Gasteiger partial charge >= 0.3 is 0 Å². The molecule has 3 heteroatoms. The summed E-state index contributed by atoms with van der Waals surface area (Å²) in [6.45, 7) is 4.16. The van der Waals surface area contributed by atoms with Crippen LogP contribution in [-0.2, 0) is 0 Å². The normalized spacial score (nSPS) is 34.2. The summed E-state index contributed by atoms with van der Waals surface area (Å²) in [7, 11) is 0. The standard InChI is InChI=1S/C16H24N2O/c1-11(17)16(12-5-3-2-4-6-12)18-9-13-7-8-15(19)14(13)10-18/h2-6,11,13-16,19H,7-10,17H2,1H3. The smallest absolute Gasteiger partial charge is 0.0583 e. The van der Waals surface area contributed by atoms with Crippen molar-refractivity contribution in [2.24, 2.45) is 17.6 Å². The highest BCUT2D eigenvalue weighted by molar-refractivity contribution is 5.21. The summed E-state index contributed by atoms with van der Waals surface area (Å²) in [5.74, 6) is 1.13. The Morgan fingerprint density at radius 2 is 1.95 bits per heavy atom. The molecule has 0 bridgehead atoms. The summed E-state index contributed by atoms with van der Waals surface area (Å²) in [5, 5.41) is 10.1. The van der Waals surface area contributed by atoms with Crippen molar-refractivity contribution in [2.75, 3.05) is 13.1 Å². The van der Waals surface area contributed by atoms with Crippen molar-refractivity contribution in [2.45, 2.75) is 38.0 Å². The Balaban J connectivity index is 1.79. The summed E-state index contributed by atoms with van der Waals surface area (Å²) in [6.07, 6.45) is 2.06. The predicted octanol–water partition coefficient (Wildman–Crippen LogP) is 1.78. The fraction of sp³-hybridized carbons (Fsp3) is 0.625. The first kappa shape index (κ1) is 13.1. The van der Waals surface area contributed by atoms with Gasteiger partial charge in [-0.25, -0.2) is 0 Å². The second-order valence-corrected chi connectivity index (χ2v) is 6.24. The van der Waals surface area contributed by atoms with Gasteiger partial charge in [-0.15, -0.1) is 0 Å². The lowest BCUT2D eigenvalue weighted by atomic mass is 9.99. The monoisotopic (exact) mass is 260 g/mol. The van der Waals surface area contributed by atoms with Gasteiger partial charge in [-0.3, -0.25) is 4.90 Å². The van der Waals surface area contributed by atoms with Crippen LogP contribution in [0.25, 0.3) is 0 Å². The van der Waals surface area contributed by atoms with Gasteiger partial charge in [0, 0.05) is 31.1 Å². The predicted molar refractivity (Wildman–Crippen MR) is 76.6 cm³/mol. The van der Waals surface area contributed by atoms with Gasteiger partial charge in [0.05, 0.1) is 6.10 Å². The van der Waals surface area contributed by atoms with Crippen LogP contribution in [-0.4, -0.2) is 35.2 Å². The molecule has 2 aliphatic rings. The van der Waals surface area contributed by atoms with Gasteiger partial charge in [-0.2, -0.15) is 0 Å². The third-order valence-electron chi connectivity index (χ3n) is 4.88. The minimum Gasteiger partial charge on any atom is -0.393 e. The van der Waals surface area contributed by atoms with Crippen LogP contribution in [0.3, 0.4) is 0 Å². The highest BCUT2D eigenvalue weighted by Crippen LogP contribution is 2.41. The van der Waals surface area contributed by atoms with Crippen LogP contribution in [0, 0.1) is 11.8 Å². The first-order valence-corrected chi connectivity index (χ1v) is 7.39. The molecule has 1 aromatic carbocycles. The lowest BCUT2D eigenvalue weighted by Gasteiger charge is -2.32. The molecule has 104 valence electrons. The third-order valence-corrected chi connectivity index (χ3v) is 4.88. The summed E-state index contributed by atoms with van der Waals surface area (Å²) in [5.41, 5.74) is 7.53. The molecule has 1 saturated heterocycles. The van der Waals surface area contributed by atoms with E-state index < -0.39 is 0 Å². The molecule has 0 spiro atoms. The zero-order valence-electron chi connectivity index (χ0n) is 11.6. The molecule has 2 fully saturated rings. The van der Waals surface area contributed by atoms with Gasteiger partial charge in [0.1, 0.15) is 0 Å². The minimum absolute atomic E-state index is 0.0977. The van der Waals surface area contributed by atoms with Crippen molar-refractivity contribution in [3.05, 3.63) is 35.9 Å². The topological polar surface area (TPSA) is 49.5 Å². The Bertz CT molecular complexity index is 420. The van der Waals surface area contributed by atoms with Gasteiger partial charge in [0.15, 0.2) is 0 Å². The molecular weight excluding hydrogens is 236 g/mol. The number of fused-ring (bicyclic) bond motifs is 1. The Morgan fingerprint density at radius 1 is 1.21 bits per heavy atom. The number of hydrogen-bond acceptors (Lipinski definition) is 3. The van der Waals surface area contributed by atoms with Crippen LogP contribution < -0.4 is 5.73 Å². The summed E-state index contributed by atoms with van der Waals surface area (Å²) in [4.78, 5) is 2.48. The van der Waals surface area contributed by atoms with Crippen LogP contribution in [0.1, 0.15) is 31.4 Å². The second-order valence-electron chi connectivity index (χ2n) is 6.24. The number of nitrogens with zero attached hydrogens (tertiary/aromatic N) is 1. The van der Waals surface area contributed by atoms with Crippen LogP contribution >= 0.6 is 0 Å². The molecule has 0 amide bonds. The van der Waals surface area contributed by atoms with E-state index in [1.54, 1.807) is 0 Å². The molecule has 1 aromatic rings. The van der Waals surface area contributed by atoms with Gasteiger partial charge < -0.3 is 10.8 Å². The maximum absolute atomic E-state index is 10.1. The fourth-order valence-electron chi connectivity index (χ4n) is 4.00. The number of aliphatic hydroxyl groups excluding tert-OH is 1. The largest absolute Gasteiger partial charge is 0.393 e. The third kappa shape index (κ3) is 2.42. The average molecular weight is 260 g/mol. The lowest BCUT2D eigenvalue weighted by Crippen LogP contribution is -2.39. The van der Waals surface area contributed by atoms with E-state index >= 15 is 0 Å². The number of rotatable bonds is 3. The Morgan fingerprint density at radius 3 is 2.58 bits per heavy atom. The quantitative estimate of drug-likeness (QED) is 0.871. The molecule has 0 aromatic heterocycles. The van der Waals surface area contributed by atoms with E-state index in [0.717, 1.165) is 19.5 Å². The molecule has 0 radical (unpaired) electrons. The number of nitrogens with two attached hydrogens (primary N) is 1. The fourth-order valence-corrected chi connectivity index (χ4v) is 4.00. The second kappa shape index (κ2) is 5.23. The average Bonchev–Trinajstić information content (AvgIpc) is 2.94. The van der Waals surface area contributed by atoms with E-state index in [0.29, 0.717) is 11.8 Å². The van der Waals surface area contributed by atoms with Crippen molar-refractivity contribution in [3.63, 3.8) is 0 Å². The van der Waals surface area contributed by atoms with Gasteiger partial charge in [0.25, 0.3) is 0 Å². The highest BCUT2D eigenvalue weighted by Gasteiger charge is 2.44. The van der Waals surface area contributed by atoms with Gasteiger partial charge in [-0.1, -0.05) is 30.3 Å². The first-order chi connectivity index (χ1) is 9.16. The molecule has 5 atom stereocenters. The summed E-state index contributed by atoms with van der Waals surface area (Å²) < 4.78 is 0. The molecule has 3 nitrogen and oxygen atoms in total. The van der Waals surface area contributed by atoms with E-state index in [1.807, 2.05) is 6.07 Å². The SMILES string of the molecule is CC(N)C(c1ccccc1)N1CC2CCC(O)C2C1. The molecule has 1 aliphatic carbocycles. The number of aliphatic hydroxyl groups is 1. The van der Waals surface area contributed by atoms with E-state index in [2.05, 4.69) is 36.1 Å². The van der Waals surface area contributed by atoms with E-state index in [-0.39, 0.29) is 18.2 Å². The Labute approximate surface area is 115 Å². The highest BCUT2D eigenvalue weighted by atomic mass is 16.3. The van der Waals surface area contributed by atoms with Gasteiger partial charge in [0.2, 0.25) is 0 Å². The zero-order chi connectivity index (χ0) is 13.4. The van der Waals surface area contributed by atoms with Gasteiger partial charge in [-0.05, 0) is 31.2 Å². The lowest BCUT2D eigenvalue weighted by molar-refractivity contribution is 0.115. The van der Waals surface area contributed by atoms with Crippen molar-refractivity contribution in [3.8, 4) is 0 Å². The van der Waals surface area contributed by atoms with E-state index in [1.165, 1.54) is 12.0 Å². The summed E-state index contributed by atoms with van der Waals surface area (Å²) in [6, 6.07) is 10.9. The molecule has 19 heavy (non-hydrogen) atoms. The Hall–Kier alpha value is -0.900. The summed E-state index contributed by atoms with van der Waals surface area (Å²) >= 11 is 0. The molecular formula is C16H24N2O. The maximum Gasteiger partial charge on any atom is 0.0583 e. The number of likely N-dealkylation sites (tertiary alicyclic amines) is 1. The van der Waals surface area contributed by atoms with E-state index in [9.17, 15) is 5.11 Å². The molecule has 1 saturated carbocycles. The minimum atomic E-state index is -0.0977. The van der Waals surface area contributed by atoms with E-state index in [4.69, 9.17) is 5.73 Å². The van der Waals surface area contributed by atoms with Crippen LogP contribution in [0.4, 0.5) is 0 Å². The molecule has 3 rings (SSSR count). The number of benzene rings is 1. The molecule has 1 aliphatic heterocycles. The number of hydrogen-bond donors (Lipinski definition) is 2. The van der Waals surface area contributed by atoms with Crippen molar-refractivity contribution in [1.82, 2.24) is 4.90 Å². The molecule has 1 heterocycles.